The van der Waals surface area contributed by atoms with Crippen LogP contribution in [0.15, 0.2) is 24.3 Å². The molecule has 1 aromatic carbocycles. The third-order valence-electron chi connectivity index (χ3n) is 5.90. The largest absolute Gasteiger partial charge is 0.299 e. The summed E-state index contributed by atoms with van der Waals surface area (Å²) in [6.45, 7) is 9.43. The molecule has 0 N–H and O–H groups in total. The van der Waals surface area contributed by atoms with Gasteiger partial charge in [0.25, 0.3) is 0 Å². The van der Waals surface area contributed by atoms with Crippen molar-refractivity contribution in [1.29, 1.82) is 0 Å². The van der Waals surface area contributed by atoms with E-state index in [9.17, 15) is 0 Å². The van der Waals surface area contributed by atoms with Gasteiger partial charge in [0, 0.05) is 30.7 Å². The van der Waals surface area contributed by atoms with E-state index in [1.807, 2.05) is 0 Å². The van der Waals surface area contributed by atoms with Crippen molar-refractivity contribution in [3.05, 3.63) is 35.4 Å². The fourth-order valence-electron chi connectivity index (χ4n) is 4.20. The SMILES string of the molecule is CN([C@H]1CCC[C@@H](N2CCc3ccccc3C2)C1)C(C)(C)C. The summed E-state index contributed by atoms with van der Waals surface area (Å²) in [5.41, 5.74) is 3.40. The summed E-state index contributed by atoms with van der Waals surface area (Å²) in [6, 6.07) is 10.5. The molecular weight excluding hydrogens is 268 g/mol. The second-order valence-electron chi connectivity index (χ2n) is 8.25. The van der Waals surface area contributed by atoms with Crippen LogP contribution in [-0.4, -0.2) is 41.0 Å². The Labute approximate surface area is 136 Å². The molecule has 1 aliphatic heterocycles. The highest BCUT2D eigenvalue weighted by molar-refractivity contribution is 5.29. The maximum Gasteiger partial charge on any atom is 0.0239 e. The first-order chi connectivity index (χ1) is 10.4. The van der Waals surface area contributed by atoms with Crippen molar-refractivity contribution in [2.24, 2.45) is 0 Å². The van der Waals surface area contributed by atoms with Crippen LogP contribution in [0.5, 0.6) is 0 Å². The highest BCUT2D eigenvalue weighted by Gasteiger charge is 2.33. The number of rotatable bonds is 2. The van der Waals surface area contributed by atoms with E-state index in [0.29, 0.717) is 0 Å². The molecule has 0 amide bonds. The van der Waals surface area contributed by atoms with Crippen LogP contribution >= 0.6 is 0 Å². The second-order valence-corrected chi connectivity index (χ2v) is 8.25. The summed E-state index contributed by atoms with van der Waals surface area (Å²) < 4.78 is 0. The van der Waals surface area contributed by atoms with Crippen molar-refractivity contribution in [3.8, 4) is 0 Å². The minimum atomic E-state index is 0.279. The molecule has 0 aromatic heterocycles. The van der Waals surface area contributed by atoms with Crippen LogP contribution in [0.3, 0.4) is 0 Å². The van der Waals surface area contributed by atoms with Crippen LogP contribution in [0.1, 0.15) is 57.6 Å². The highest BCUT2D eigenvalue weighted by Crippen LogP contribution is 2.32. The van der Waals surface area contributed by atoms with Gasteiger partial charge in [0.1, 0.15) is 0 Å². The Morgan fingerprint density at radius 1 is 1.09 bits per heavy atom. The van der Waals surface area contributed by atoms with Crippen molar-refractivity contribution < 1.29 is 0 Å². The monoisotopic (exact) mass is 300 g/mol. The van der Waals surface area contributed by atoms with Gasteiger partial charge in [0.2, 0.25) is 0 Å². The molecular formula is C20H32N2. The summed E-state index contributed by atoms with van der Waals surface area (Å²) in [4.78, 5) is 5.36. The average Bonchev–Trinajstić information content (AvgIpc) is 2.53. The number of hydrogen-bond donors (Lipinski definition) is 0. The Balaban J connectivity index is 1.66. The highest BCUT2D eigenvalue weighted by atomic mass is 15.2. The Hall–Kier alpha value is -0.860. The van der Waals surface area contributed by atoms with Gasteiger partial charge in [0.15, 0.2) is 0 Å². The number of fused-ring (bicyclic) bond motifs is 1. The zero-order chi connectivity index (χ0) is 15.7. The van der Waals surface area contributed by atoms with Gasteiger partial charge in [-0.25, -0.2) is 0 Å². The molecule has 2 atom stereocenters. The van der Waals surface area contributed by atoms with Crippen molar-refractivity contribution in [1.82, 2.24) is 9.80 Å². The molecule has 1 aliphatic carbocycles. The molecule has 0 saturated heterocycles. The van der Waals surface area contributed by atoms with E-state index >= 15 is 0 Å². The molecule has 122 valence electrons. The van der Waals surface area contributed by atoms with E-state index in [1.54, 1.807) is 11.1 Å². The molecule has 3 rings (SSSR count). The lowest BCUT2D eigenvalue weighted by Gasteiger charge is -2.46. The Morgan fingerprint density at radius 2 is 1.82 bits per heavy atom. The molecule has 0 unspecified atom stereocenters. The third kappa shape index (κ3) is 3.38. The first-order valence-corrected chi connectivity index (χ1v) is 8.99. The predicted molar refractivity (Wildman–Crippen MR) is 94.1 cm³/mol. The first-order valence-electron chi connectivity index (χ1n) is 8.99. The maximum atomic E-state index is 2.75. The normalized spacial score (nSPS) is 27.0. The number of nitrogens with zero attached hydrogens (tertiary/aromatic N) is 2. The molecule has 2 aliphatic rings. The van der Waals surface area contributed by atoms with Gasteiger partial charge in [-0.1, -0.05) is 30.7 Å². The van der Waals surface area contributed by atoms with Gasteiger partial charge < -0.3 is 0 Å². The van der Waals surface area contributed by atoms with Crippen molar-refractivity contribution in [2.45, 2.75) is 77.0 Å². The molecule has 1 heterocycles. The van der Waals surface area contributed by atoms with Crippen LogP contribution in [-0.2, 0) is 13.0 Å². The summed E-state index contributed by atoms with van der Waals surface area (Å²) in [6.07, 6.45) is 6.71. The molecule has 1 fully saturated rings. The number of benzene rings is 1. The topological polar surface area (TPSA) is 6.48 Å². The van der Waals surface area contributed by atoms with Gasteiger partial charge in [-0.3, -0.25) is 9.80 Å². The average molecular weight is 300 g/mol. The summed E-state index contributed by atoms with van der Waals surface area (Å²) in [5.74, 6) is 0. The van der Waals surface area contributed by atoms with E-state index in [1.165, 1.54) is 38.6 Å². The molecule has 0 bridgehead atoms. The van der Waals surface area contributed by atoms with Crippen LogP contribution in [0.25, 0.3) is 0 Å². The van der Waals surface area contributed by atoms with Gasteiger partial charge in [-0.05, 0) is 64.6 Å². The van der Waals surface area contributed by atoms with E-state index in [-0.39, 0.29) is 5.54 Å². The van der Waals surface area contributed by atoms with Gasteiger partial charge >= 0.3 is 0 Å². The Morgan fingerprint density at radius 3 is 2.55 bits per heavy atom. The van der Waals surface area contributed by atoms with Crippen molar-refractivity contribution in [3.63, 3.8) is 0 Å². The van der Waals surface area contributed by atoms with Gasteiger partial charge in [0.05, 0.1) is 0 Å². The minimum Gasteiger partial charge on any atom is -0.299 e. The van der Waals surface area contributed by atoms with Crippen LogP contribution in [0, 0.1) is 0 Å². The van der Waals surface area contributed by atoms with Crippen LogP contribution < -0.4 is 0 Å². The summed E-state index contributed by atoms with van der Waals surface area (Å²) >= 11 is 0. The van der Waals surface area contributed by atoms with Crippen molar-refractivity contribution >= 4 is 0 Å². The lowest BCUT2D eigenvalue weighted by Crippen LogP contribution is -2.51. The van der Waals surface area contributed by atoms with E-state index in [0.717, 1.165) is 18.6 Å². The zero-order valence-corrected chi connectivity index (χ0v) is 14.8. The molecule has 0 radical (unpaired) electrons. The predicted octanol–water partition coefficient (Wildman–Crippen LogP) is 4.09. The third-order valence-corrected chi connectivity index (χ3v) is 5.90. The summed E-state index contributed by atoms with van der Waals surface area (Å²) in [5, 5.41) is 0. The van der Waals surface area contributed by atoms with Gasteiger partial charge in [-0.2, -0.15) is 0 Å². The minimum absolute atomic E-state index is 0.279. The number of hydrogen-bond acceptors (Lipinski definition) is 2. The standard InChI is InChI=1S/C20H32N2/c1-20(2,3)21(4)18-10-7-11-19(14-18)22-13-12-16-8-5-6-9-17(16)15-22/h5-6,8-9,18-19H,7,10-15H2,1-4H3/t18-,19+/m0/s1. The maximum absolute atomic E-state index is 2.75. The lowest BCUT2D eigenvalue weighted by atomic mass is 9.86. The summed E-state index contributed by atoms with van der Waals surface area (Å²) in [7, 11) is 2.32. The fraction of sp³-hybridized carbons (Fsp3) is 0.700. The molecule has 22 heavy (non-hydrogen) atoms. The Kier molecular flexibility index (Phi) is 4.61. The van der Waals surface area contributed by atoms with E-state index < -0.39 is 0 Å². The zero-order valence-electron chi connectivity index (χ0n) is 14.8. The fourth-order valence-corrected chi connectivity index (χ4v) is 4.20. The van der Waals surface area contributed by atoms with Crippen LogP contribution in [0.4, 0.5) is 0 Å². The second kappa shape index (κ2) is 6.33. The molecule has 2 heteroatoms. The van der Waals surface area contributed by atoms with Crippen LogP contribution in [0.2, 0.25) is 0 Å². The lowest BCUT2D eigenvalue weighted by molar-refractivity contribution is 0.0461. The van der Waals surface area contributed by atoms with E-state index in [2.05, 4.69) is 61.9 Å². The first kappa shape index (κ1) is 16.0. The smallest absolute Gasteiger partial charge is 0.0239 e. The quantitative estimate of drug-likeness (QED) is 0.812. The molecule has 1 saturated carbocycles. The molecule has 2 nitrogen and oxygen atoms in total. The van der Waals surface area contributed by atoms with Crippen molar-refractivity contribution in [2.75, 3.05) is 13.6 Å². The van der Waals surface area contributed by atoms with Gasteiger partial charge in [-0.15, -0.1) is 0 Å². The molecule has 0 spiro atoms. The Bertz CT molecular complexity index is 503. The molecule has 1 aromatic rings. The van der Waals surface area contributed by atoms with E-state index in [4.69, 9.17) is 0 Å².